The number of carbonyl (C=O) groups excluding carboxylic acids is 1. The van der Waals surface area contributed by atoms with Crippen LogP contribution in [0.3, 0.4) is 0 Å². The van der Waals surface area contributed by atoms with Crippen molar-refractivity contribution in [1.29, 1.82) is 0 Å². The summed E-state index contributed by atoms with van der Waals surface area (Å²) in [6.07, 6.45) is 0. The first-order valence-corrected chi connectivity index (χ1v) is 3.84. The molecule has 0 aliphatic heterocycles. The minimum absolute atomic E-state index is 0.510. The number of benzene rings is 1. The third kappa shape index (κ3) is 2.04. The van der Waals surface area contributed by atoms with Gasteiger partial charge in [0.25, 0.3) is 0 Å². The highest BCUT2D eigenvalue weighted by atomic mass is 35.5. The molecule has 3 nitrogen and oxygen atoms in total. The lowest BCUT2D eigenvalue weighted by atomic mass is 10.1. The van der Waals surface area contributed by atoms with Gasteiger partial charge >= 0.3 is 0 Å². The SMILES string of the molecule is NN[C@@H](C(=O)Cl)c1ccccc1. The Morgan fingerprint density at radius 1 is 1.42 bits per heavy atom. The zero-order valence-electron chi connectivity index (χ0n) is 6.33. The first kappa shape index (κ1) is 9.19. The molecule has 0 bridgehead atoms. The van der Waals surface area contributed by atoms with Gasteiger partial charge in [-0.05, 0) is 17.2 Å². The van der Waals surface area contributed by atoms with Gasteiger partial charge < -0.3 is 0 Å². The van der Waals surface area contributed by atoms with Crippen LogP contribution in [0.15, 0.2) is 30.3 Å². The lowest BCUT2D eigenvalue weighted by molar-refractivity contribution is -0.113. The number of carbonyl (C=O) groups is 1. The van der Waals surface area contributed by atoms with Crippen LogP contribution >= 0.6 is 11.6 Å². The maximum absolute atomic E-state index is 10.8. The standard InChI is InChI=1S/C8H9ClN2O/c9-8(12)7(11-10)6-4-2-1-3-5-6/h1-5,7,11H,10H2/t7-/m1/s1. The van der Waals surface area contributed by atoms with Crippen molar-refractivity contribution in [1.82, 2.24) is 5.43 Å². The Hall–Kier alpha value is -0.900. The fourth-order valence-electron chi connectivity index (χ4n) is 0.938. The van der Waals surface area contributed by atoms with Gasteiger partial charge in [-0.1, -0.05) is 30.3 Å². The van der Waals surface area contributed by atoms with E-state index >= 15 is 0 Å². The van der Waals surface area contributed by atoms with E-state index in [1.165, 1.54) is 0 Å². The van der Waals surface area contributed by atoms with E-state index in [0.717, 1.165) is 5.56 Å². The number of halogens is 1. The van der Waals surface area contributed by atoms with Crippen molar-refractivity contribution in [3.05, 3.63) is 35.9 Å². The number of hydrazine groups is 1. The van der Waals surface area contributed by atoms with Crippen LogP contribution in [-0.2, 0) is 4.79 Å². The molecule has 4 heteroatoms. The highest BCUT2D eigenvalue weighted by molar-refractivity contribution is 6.64. The molecule has 0 fully saturated rings. The Balaban J connectivity index is 2.88. The van der Waals surface area contributed by atoms with Gasteiger partial charge in [-0.2, -0.15) is 0 Å². The van der Waals surface area contributed by atoms with E-state index in [4.69, 9.17) is 17.4 Å². The summed E-state index contributed by atoms with van der Waals surface area (Å²) >= 11 is 5.30. The normalized spacial score (nSPS) is 12.5. The van der Waals surface area contributed by atoms with E-state index in [1.807, 2.05) is 18.2 Å². The highest BCUT2D eigenvalue weighted by Crippen LogP contribution is 2.13. The summed E-state index contributed by atoms with van der Waals surface area (Å²) in [5.41, 5.74) is 3.10. The average Bonchev–Trinajstić information content (AvgIpc) is 2.07. The van der Waals surface area contributed by atoms with Gasteiger partial charge in [0.2, 0.25) is 5.24 Å². The molecule has 1 aromatic carbocycles. The molecule has 0 unspecified atom stereocenters. The second kappa shape index (κ2) is 4.21. The van der Waals surface area contributed by atoms with Crippen LogP contribution in [0.2, 0.25) is 0 Å². The van der Waals surface area contributed by atoms with Crippen LogP contribution in [0.4, 0.5) is 0 Å². The van der Waals surface area contributed by atoms with Crippen LogP contribution in [0.5, 0.6) is 0 Å². The van der Waals surface area contributed by atoms with E-state index in [-0.39, 0.29) is 0 Å². The summed E-state index contributed by atoms with van der Waals surface area (Å²) < 4.78 is 0. The first-order chi connectivity index (χ1) is 5.75. The molecule has 12 heavy (non-hydrogen) atoms. The Morgan fingerprint density at radius 3 is 2.42 bits per heavy atom. The fourth-order valence-corrected chi connectivity index (χ4v) is 1.13. The Kier molecular flexibility index (Phi) is 3.22. The summed E-state index contributed by atoms with van der Waals surface area (Å²) in [4.78, 5) is 10.8. The van der Waals surface area contributed by atoms with E-state index in [9.17, 15) is 4.79 Å². The smallest absolute Gasteiger partial charge is 0.244 e. The third-order valence-corrected chi connectivity index (χ3v) is 1.74. The zero-order valence-corrected chi connectivity index (χ0v) is 7.08. The van der Waals surface area contributed by atoms with Gasteiger partial charge in [0.1, 0.15) is 6.04 Å². The molecule has 1 rings (SSSR count). The minimum atomic E-state index is -0.618. The van der Waals surface area contributed by atoms with E-state index < -0.39 is 11.3 Å². The monoisotopic (exact) mass is 184 g/mol. The van der Waals surface area contributed by atoms with Gasteiger partial charge in [0.05, 0.1) is 0 Å². The average molecular weight is 185 g/mol. The predicted molar refractivity (Wildman–Crippen MR) is 47.4 cm³/mol. The van der Waals surface area contributed by atoms with Gasteiger partial charge in [-0.3, -0.25) is 10.6 Å². The fraction of sp³-hybridized carbons (Fsp3) is 0.125. The van der Waals surface area contributed by atoms with Gasteiger partial charge in [0, 0.05) is 0 Å². The van der Waals surface area contributed by atoms with Crippen molar-refractivity contribution < 1.29 is 4.79 Å². The zero-order chi connectivity index (χ0) is 8.97. The van der Waals surface area contributed by atoms with Crippen LogP contribution in [0.25, 0.3) is 0 Å². The second-order valence-electron chi connectivity index (χ2n) is 2.31. The van der Waals surface area contributed by atoms with Crippen molar-refractivity contribution in [2.45, 2.75) is 6.04 Å². The molecule has 0 aliphatic carbocycles. The molecule has 0 spiro atoms. The summed E-state index contributed by atoms with van der Waals surface area (Å²) in [5.74, 6) is 5.15. The predicted octanol–water partition coefficient (Wildman–Crippen LogP) is 0.956. The maximum atomic E-state index is 10.8. The molecular formula is C8H9ClN2O. The van der Waals surface area contributed by atoms with E-state index in [2.05, 4.69) is 5.43 Å². The van der Waals surface area contributed by atoms with Gasteiger partial charge in [0.15, 0.2) is 0 Å². The number of nitrogens with one attached hydrogen (secondary N) is 1. The van der Waals surface area contributed by atoms with Crippen molar-refractivity contribution in [3.8, 4) is 0 Å². The molecule has 3 N–H and O–H groups in total. The molecule has 64 valence electrons. The molecule has 1 aromatic rings. The molecule has 0 amide bonds. The number of hydrogen-bond donors (Lipinski definition) is 2. The summed E-state index contributed by atoms with van der Waals surface area (Å²) in [7, 11) is 0. The topological polar surface area (TPSA) is 55.1 Å². The molecule has 0 radical (unpaired) electrons. The summed E-state index contributed by atoms with van der Waals surface area (Å²) in [6, 6.07) is 8.44. The van der Waals surface area contributed by atoms with E-state index in [0.29, 0.717) is 0 Å². The molecule has 0 aromatic heterocycles. The quantitative estimate of drug-likeness (QED) is 0.418. The number of rotatable bonds is 3. The highest BCUT2D eigenvalue weighted by Gasteiger charge is 2.15. The van der Waals surface area contributed by atoms with Gasteiger partial charge in [-0.15, -0.1) is 0 Å². The Labute approximate surface area is 75.5 Å². The van der Waals surface area contributed by atoms with Crippen molar-refractivity contribution in [3.63, 3.8) is 0 Å². The largest absolute Gasteiger partial charge is 0.279 e. The summed E-state index contributed by atoms with van der Waals surface area (Å²) in [6.45, 7) is 0. The lowest BCUT2D eigenvalue weighted by Crippen LogP contribution is -2.31. The van der Waals surface area contributed by atoms with Crippen LogP contribution < -0.4 is 11.3 Å². The maximum Gasteiger partial charge on any atom is 0.244 e. The Morgan fingerprint density at radius 2 is 2.00 bits per heavy atom. The van der Waals surface area contributed by atoms with Crippen LogP contribution in [-0.4, -0.2) is 5.24 Å². The minimum Gasteiger partial charge on any atom is -0.279 e. The van der Waals surface area contributed by atoms with Crippen LogP contribution in [0.1, 0.15) is 11.6 Å². The second-order valence-corrected chi connectivity index (χ2v) is 2.69. The van der Waals surface area contributed by atoms with Crippen molar-refractivity contribution >= 4 is 16.8 Å². The Bertz CT molecular complexity index is 263. The van der Waals surface area contributed by atoms with Crippen LogP contribution in [0, 0.1) is 0 Å². The van der Waals surface area contributed by atoms with E-state index in [1.54, 1.807) is 12.1 Å². The summed E-state index contributed by atoms with van der Waals surface area (Å²) in [5, 5.41) is -0.510. The molecule has 0 saturated heterocycles. The van der Waals surface area contributed by atoms with Crippen molar-refractivity contribution in [2.24, 2.45) is 5.84 Å². The molecule has 1 atom stereocenters. The molecule has 0 aliphatic rings. The van der Waals surface area contributed by atoms with Crippen molar-refractivity contribution in [2.75, 3.05) is 0 Å². The molecule has 0 heterocycles. The third-order valence-electron chi connectivity index (χ3n) is 1.53. The number of nitrogens with two attached hydrogens (primary N) is 1. The molecular weight excluding hydrogens is 176 g/mol. The lowest BCUT2D eigenvalue weighted by Gasteiger charge is -2.10. The first-order valence-electron chi connectivity index (χ1n) is 3.46. The molecule has 0 saturated carbocycles. The van der Waals surface area contributed by atoms with Gasteiger partial charge in [-0.25, -0.2) is 5.43 Å². The number of hydrogen-bond acceptors (Lipinski definition) is 3.